The largest absolute Gasteiger partial charge is 0.455 e. The Bertz CT molecular complexity index is 923. The van der Waals surface area contributed by atoms with Crippen LogP contribution in [0.15, 0.2) is 18.2 Å². The molecule has 0 bridgehead atoms. The number of nitrogens with zero attached hydrogens (tertiary/aromatic N) is 1. The Morgan fingerprint density at radius 2 is 1.92 bits per heavy atom. The van der Waals surface area contributed by atoms with Crippen molar-refractivity contribution in [3.63, 3.8) is 0 Å². The van der Waals surface area contributed by atoms with Gasteiger partial charge in [0.05, 0.1) is 18.1 Å². The van der Waals surface area contributed by atoms with Crippen LogP contribution in [0.5, 0.6) is 5.75 Å². The number of hydrogen-bond acceptors (Lipinski definition) is 14. The molecule has 1 saturated heterocycles. The lowest BCUT2D eigenvalue weighted by atomic mass is 9.99. The number of benzene rings is 1. The van der Waals surface area contributed by atoms with Crippen LogP contribution in [0.3, 0.4) is 0 Å². The number of thiol groups is 1. The van der Waals surface area contributed by atoms with Crippen LogP contribution in [0.4, 0.5) is 15.3 Å². The summed E-state index contributed by atoms with van der Waals surface area (Å²) >= 11 is 3.95. The van der Waals surface area contributed by atoms with E-state index in [1.165, 1.54) is 6.07 Å². The van der Waals surface area contributed by atoms with Crippen molar-refractivity contribution in [1.82, 2.24) is 10.6 Å². The molecule has 1 aromatic carbocycles. The van der Waals surface area contributed by atoms with E-state index in [2.05, 4.69) is 23.3 Å². The number of nitro benzene ring substituents is 1. The Hall–Kier alpha value is -2.93. The third-order valence-electron chi connectivity index (χ3n) is 5.07. The highest BCUT2D eigenvalue weighted by molar-refractivity contribution is 7.80. The molecule has 6 atom stereocenters. The number of nitrogens with one attached hydrogen (secondary N) is 2. The summed E-state index contributed by atoms with van der Waals surface area (Å²) < 4.78 is 20.6. The monoisotopic (exact) mass is 550 g/mol. The van der Waals surface area contributed by atoms with E-state index in [0.29, 0.717) is 5.75 Å². The third-order valence-corrected chi connectivity index (χ3v) is 5.30. The Kier molecular flexibility index (Phi) is 12.1. The first kappa shape index (κ1) is 30.3. The number of ether oxygens (including phenoxy) is 4. The quantitative estimate of drug-likeness (QED) is 0.0797. The van der Waals surface area contributed by atoms with Crippen LogP contribution in [0.1, 0.15) is 5.56 Å². The third kappa shape index (κ3) is 8.85. The first-order valence-electron chi connectivity index (χ1n) is 11.0. The van der Waals surface area contributed by atoms with Gasteiger partial charge in [0, 0.05) is 24.9 Å². The van der Waals surface area contributed by atoms with Crippen molar-refractivity contribution in [1.29, 1.82) is 0 Å². The number of hydrogen-bond donors (Lipinski definition) is 8. The maximum absolute atomic E-state index is 12.0. The number of amides is 2. The maximum Gasteiger partial charge on any atom is 0.407 e. The molecule has 1 aromatic rings. The van der Waals surface area contributed by atoms with E-state index in [1.54, 1.807) is 0 Å². The van der Waals surface area contributed by atoms with E-state index in [4.69, 9.17) is 24.7 Å². The molecule has 3 unspecified atom stereocenters. The number of nitro groups is 1. The van der Waals surface area contributed by atoms with Gasteiger partial charge >= 0.3 is 17.9 Å². The van der Waals surface area contributed by atoms with E-state index in [0.717, 1.165) is 12.1 Å². The van der Waals surface area contributed by atoms with Crippen molar-refractivity contribution < 1.29 is 53.9 Å². The lowest BCUT2D eigenvalue weighted by Gasteiger charge is -2.39. The van der Waals surface area contributed by atoms with Crippen LogP contribution < -0.4 is 21.1 Å². The number of carbonyl (C=O) groups is 2. The summed E-state index contributed by atoms with van der Waals surface area (Å²) in [5.74, 6) is 0.0630. The number of nitrogens with two attached hydrogens (primary N) is 1. The van der Waals surface area contributed by atoms with Gasteiger partial charge in [0.25, 0.3) is 0 Å². The Labute approximate surface area is 216 Å². The normalized spacial score (nSPS) is 24.0. The van der Waals surface area contributed by atoms with Crippen LogP contribution in [0.2, 0.25) is 0 Å². The van der Waals surface area contributed by atoms with Gasteiger partial charge < -0.3 is 55.7 Å². The van der Waals surface area contributed by atoms with E-state index in [9.17, 15) is 40.1 Å². The van der Waals surface area contributed by atoms with Gasteiger partial charge in [0.1, 0.15) is 37.1 Å². The van der Waals surface area contributed by atoms with Crippen LogP contribution >= 0.6 is 12.6 Å². The number of carbonyl (C=O) groups excluding carboxylic acids is 2. The zero-order valence-electron chi connectivity index (χ0n) is 19.5. The van der Waals surface area contributed by atoms with E-state index in [1.807, 2.05) is 0 Å². The first-order chi connectivity index (χ1) is 17.6. The van der Waals surface area contributed by atoms with Crippen molar-refractivity contribution in [3.05, 3.63) is 33.9 Å². The molecule has 1 fully saturated rings. The van der Waals surface area contributed by atoms with Gasteiger partial charge in [-0.15, -0.1) is 0 Å². The fourth-order valence-corrected chi connectivity index (χ4v) is 3.22. The summed E-state index contributed by atoms with van der Waals surface area (Å²) in [6.07, 6.45) is -10.5. The predicted octanol–water partition coefficient (Wildman–Crippen LogP) is -2.02. The van der Waals surface area contributed by atoms with Crippen LogP contribution in [-0.2, 0) is 20.8 Å². The molecule has 1 aliphatic rings. The molecule has 1 aliphatic heterocycles. The van der Waals surface area contributed by atoms with Crippen LogP contribution in [0.25, 0.3) is 0 Å². The summed E-state index contributed by atoms with van der Waals surface area (Å²) in [6.45, 7) is -1.00. The molecule has 0 aliphatic carbocycles. The minimum absolute atomic E-state index is 0.0727. The molecule has 37 heavy (non-hydrogen) atoms. The van der Waals surface area contributed by atoms with Crippen LogP contribution in [0, 0.1) is 10.1 Å². The number of aliphatic hydroxyl groups excluding tert-OH is 4. The van der Waals surface area contributed by atoms with E-state index in [-0.39, 0.29) is 37.6 Å². The topological polar surface area (TPSA) is 245 Å². The summed E-state index contributed by atoms with van der Waals surface area (Å²) in [4.78, 5) is 34.3. The SMILES string of the molecule is NCC(CNC(=O)OCc1ccc(O[C@@H]2OC(CO)[C@H](O)C(O)[C@@H]2O)c([N+](=O)[O-])c1)OC(=O)NCCS. The van der Waals surface area contributed by atoms with Gasteiger partial charge in [-0.05, 0) is 11.6 Å². The molecule has 8 N–H and O–H groups in total. The zero-order valence-corrected chi connectivity index (χ0v) is 20.4. The maximum atomic E-state index is 12.0. The second kappa shape index (κ2) is 14.7. The van der Waals surface area contributed by atoms with E-state index < -0.39 is 66.2 Å². The first-order valence-corrected chi connectivity index (χ1v) is 11.6. The highest BCUT2D eigenvalue weighted by Gasteiger charge is 2.45. The Morgan fingerprint density at radius 1 is 1.19 bits per heavy atom. The summed E-state index contributed by atoms with van der Waals surface area (Å²) in [7, 11) is 0. The van der Waals surface area contributed by atoms with E-state index >= 15 is 0 Å². The zero-order chi connectivity index (χ0) is 27.5. The van der Waals surface area contributed by atoms with Gasteiger partial charge in [0.2, 0.25) is 6.29 Å². The molecule has 208 valence electrons. The van der Waals surface area contributed by atoms with Crippen molar-refractivity contribution >= 4 is 30.5 Å². The number of aliphatic hydroxyl groups is 4. The average molecular weight is 551 g/mol. The molecule has 0 spiro atoms. The average Bonchev–Trinajstić information content (AvgIpc) is 2.89. The minimum Gasteiger partial charge on any atom is -0.455 e. The second-order valence-electron chi connectivity index (χ2n) is 7.74. The molecular formula is C20H30N4O12S. The summed E-state index contributed by atoms with van der Waals surface area (Å²) in [5.41, 5.74) is 5.16. The summed E-state index contributed by atoms with van der Waals surface area (Å²) in [5, 5.41) is 55.4. The Balaban J connectivity index is 1.95. The highest BCUT2D eigenvalue weighted by atomic mass is 32.1. The van der Waals surface area contributed by atoms with Gasteiger partial charge in [-0.25, -0.2) is 9.59 Å². The molecule has 2 amide bonds. The predicted molar refractivity (Wildman–Crippen MR) is 127 cm³/mol. The molecule has 0 aromatic heterocycles. The molecule has 16 nitrogen and oxygen atoms in total. The molecule has 17 heteroatoms. The van der Waals surface area contributed by atoms with Crippen molar-refractivity contribution in [2.45, 2.75) is 43.4 Å². The van der Waals surface area contributed by atoms with Gasteiger partial charge in [0.15, 0.2) is 5.75 Å². The van der Waals surface area contributed by atoms with Crippen molar-refractivity contribution in [3.8, 4) is 5.75 Å². The van der Waals surface area contributed by atoms with Gasteiger partial charge in [-0.3, -0.25) is 10.1 Å². The fraction of sp³-hybridized carbons (Fsp3) is 0.600. The minimum atomic E-state index is -1.76. The fourth-order valence-electron chi connectivity index (χ4n) is 3.11. The highest BCUT2D eigenvalue weighted by Crippen LogP contribution is 2.32. The molecule has 0 radical (unpaired) electrons. The van der Waals surface area contributed by atoms with Crippen LogP contribution in [-0.4, -0.2) is 106 Å². The van der Waals surface area contributed by atoms with Crippen molar-refractivity contribution in [2.24, 2.45) is 5.73 Å². The standard InChI is InChI=1S/C20H30N4O12S/c21-6-11(34-20(30)22-3-4-37)7-23-19(29)33-9-10-1-2-13(12(5-10)24(31)32)35-18-17(28)16(27)15(26)14(8-25)36-18/h1-2,5,11,14-18,25-28,37H,3-4,6-9,21H2,(H,22,30)(H,23,29)/t11?,14?,15-,16?,17-,18+/m0/s1. The summed E-state index contributed by atoms with van der Waals surface area (Å²) in [6, 6.07) is 3.57. The van der Waals surface area contributed by atoms with Gasteiger partial charge in [-0.1, -0.05) is 6.07 Å². The number of rotatable bonds is 12. The number of alkyl carbamates (subject to hydrolysis) is 2. The van der Waals surface area contributed by atoms with Crippen molar-refractivity contribution in [2.75, 3.05) is 32.0 Å². The lowest BCUT2D eigenvalue weighted by Crippen LogP contribution is -2.60. The molecule has 2 rings (SSSR count). The smallest absolute Gasteiger partial charge is 0.407 e. The Morgan fingerprint density at radius 3 is 2.54 bits per heavy atom. The molecule has 0 saturated carbocycles. The van der Waals surface area contributed by atoms with Gasteiger partial charge in [-0.2, -0.15) is 12.6 Å². The molecule has 1 heterocycles. The second-order valence-corrected chi connectivity index (χ2v) is 8.19. The lowest BCUT2D eigenvalue weighted by molar-refractivity contribution is -0.387. The molecular weight excluding hydrogens is 520 g/mol.